The Morgan fingerprint density at radius 2 is 1.96 bits per heavy atom. The highest BCUT2D eigenvalue weighted by Crippen LogP contribution is 2.34. The van der Waals surface area contributed by atoms with Gasteiger partial charge in [-0.3, -0.25) is 14.4 Å². The molecule has 0 saturated heterocycles. The molecule has 2 heterocycles. The fourth-order valence-corrected chi connectivity index (χ4v) is 4.06. The summed E-state index contributed by atoms with van der Waals surface area (Å²) < 4.78 is 2.85. The number of hydrogen-bond donors (Lipinski definition) is 0. The molecule has 0 fully saturated rings. The lowest BCUT2D eigenvalue weighted by molar-refractivity contribution is 0.0979. The second-order valence-corrected chi connectivity index (χ2v) is 8.18. The molecule has 28 heavy (non-hydrogen) atoms. The van der Waals surface area contributed by atoms with Crippen molar-refractivity contribution in [2.45, 2.75) is 27.3 Å². The number of aromatic nitrogens is 3. The molecule has 9 heteroatoms. The number of carbonyl (C=O) groups excluding carboxylic acids is 1. The van der Waals surface area contributed by atoms with E-state index in [4.69, 9.17) is 16.6 Å². The number of amides is 1. The molecular formula is C19H25Cl2N5OS. The smallest absolute Gasteiger partial charge is 0.280 e. The zero-order valence-corrected chi connectivity index (χ0v) is 19.1. The molecule has 1 aromatic carbocycles. The van der Waals surface area contributed by atoms with E-state index in [1.54, 1.807) is 4.90 Å². The predicted octanol–water partition coefficient (Wildman–Crippen LogP) is 4.41. The third-order valence-corrected chi connectivity index (χ3v) is 5.94. The largest absolute Gasteiger partial charge is 0.308 e. The van der Waals surface area contributed by atoms with Crippen LogP contribution in [-0.2, 0) is 6.54 Å². The summed E-state index contributed by atoms with van der Waals surface area (Å²) in [7, 11) is 3.97. The van der Waals surface area contributed by atoms with Crippen molar-refractivity contribution in [3.8, 4) is 0 Å². The van der Waals surface area contributed by atoms with Gasteiger partial charge in [0.2, 0.25) is 0 Å². The number of rotatable bonds is 6. The molecule has 0 saturated carbocycles. The Morgan fingerprint density at radius 3 is 2.57 bits per heavy atom. The molecule has 0 N–H and O–H groups in total. The zero-order chi connectivity index (χ0) is 19.7. The molecule has 0 radical (unpaired) electrons. The van der Waals surface area contributed by atoms with Crippen molar-refractivity contribution in [1.29, 1.82) is 0 Å². The van der Waals surface area contributed by atoms with Crippen LogP contribution in [0.2, 0.25) is 5.02 Å². The van der Waals surface area contributed by atoms with E-state index < -0.39 is 0 Å². The maximum Gasteiger partial charge on any atom is 0.280 e. The van der Waals surface area contributed by atoms with Crippen LogP contribution in [0.1, 0.15) is 28.7 Å². The van der Waals surface area contributed by atoms with E-state index in [1.807, 2.05) is 62.6 Å². The highest BCUT2D eigenvalue weighted by atomic mass is 35.5. The van der Waals surface area contributed by atoms with Gasteiger partial charge in [0.15, 0.2) is 10.8 Å². The van der Waals surface area contributed by atoms with E-state index in [9.17, 15) is 4.79 Å². The molecule has 0 bridgehead atoms. The fraction of sp³-hybridized carbons (Fsp3) is 0.421. The van der Waals surface area contributed by atoms with Gasteiger partial charge in [-0.1, -0.05) is 22.9 Å². The lowest BCUT2D eigenvalue weighted by atomic mass is 10.2. The number of thiazole rings is 1. The molecule has 2 aromatic heterocycles. The third kappa shape index (κ3) is 4.49. The van der Waals surface area contributed by atoms with Crippen LogP contribution in [0.5, 0.6) is 0 Å². The van der Waals surface area contributed by atoms with Crippen LogP contribution in [0.4, 0.5) is 5.13 Å². The van der Waals surface area contributed by atoms with Crippen LogP contribution < -0.4 is 4.90 Å². The average Bonchev–Trinajstić information content (AvgIpc) is 3.22. The van der Waals surface area contributed by atoms with Crippen LogP contribution in [0.3, 0.4) is 0 Å². The first-order valence-corrected chi connectivity index (χ1v) is 10.1. The normalized spacial score (nSPS) is 11.1. The average molecular weight is 442 g/mol. The van der Waals surface area contributed by atoms with Gasteiger partial charge in [0.25, 0.3) is 5.91 Å². The Bertz CT molecular complexity index is 982. The zero-order valence-electron chi connectivity index (χ0n) is 16.7. The lowest BCUT2D eigenvalue weighted by Gasteiger charge is -2.21. The molecule has 3 aromatic rings. The summed E-state index contributed by atoms with van der Waals surface area (Å²) in [4.78, 5) is 21.7. The summed E-state index contributed by atoms with van der Waals surface area (Å²) in [6, 6.07) is 5.67. The number of aryl methyl sites for hydroxylation is 3. The Balaban J connectivity index is 0.00000280. The predicted molar refractivity (Wildman–Crippen MR) is 119 cm³/mol. The van der Waals surface area contributed by atoms with Crippen LogP contribution in [0.15, 0.2) is 18.2 Å². The maximum atomic E-state index is 13.2. The first-order chi connectivity index (χ1) is 12.8. The first kappa shape index (κ1) is 22.6. The lowest BCUT2D eigenvalue weighted by Crippen LogP contribution is -2.37. The highest BCUT2D eigenvalue weighted by molar-refractivity contribution is 7.22. The molecule has 6 nitrogen and oxygen atoms in total. The van der Waals surface area contributed by atoms with Crippen molar-refractivity contribution >= 4 is 56.6 Å². The van der Waals surface area contributed by atoms with E-state index in [2.05, 4.69) is 5.10 Å². The molecular weight excluding hydrogens is 417 g/mol. The van der Waals surface area contributed by atoms with Crippen LogP contribution >= 0.6 is 35.3 Å². The molecule has 0 atom stereocenters. The molecule has 0 spiro atoms. The first-order valence-electron chi connectivity index (χ1n) is 8.88. The van der Waals surface area contributed by atoms with E-state index in [-0.39, 0.29) is 18.3 Å². The number of likely N-dealkylation sites (N-methyl/N-ethyl adjacent to an activating group) is 1. The minimum Gasteiger partial charge on any atom is -0.308 e. The van der Waals surface area contributed by atoms with Gasteiger partial charge < -0.3 is 4.90 Å². The van der Waals surface area contributed by atoms with Crippen molar-refractivity contribution in [2.24, 2.45) is 0 Å². The summed E-state index contributed by atoms with van der Waals surface area (Å²) in [5.74, 6) is -0.130. The standard InChI is InChI=1S/C19H24ClN5OS.ClH/c1-6-25-12(2)11-15(22-25)18(26)24(10-9-23(4)5)19-21-17-13(3)14(20)7-8-16(17)27-19;/h7-8,11H,6,9-10H2,1-5H3;1H. The van der Waals surface area contributed by atoms with Crippen LogP contribution in [0.25, 0.3) is 10.2 Å². The minimum atomic E-state index is -0.130. The number of carbonyl (C=O) groups is 1. The summed E-state index contributed by atoms with van der Waals surface area (Å²) in [6.45, 7) is 7.92. The summed E-state index contributed by atoms with van der Waals surface area (Å²) in [5, 5.41) is 5.81. The molecule has 1 amide bonds. The molecule has 3 rings (SSSR count). The number of hydrogen-bond acceptors (Lipinski definition) is 5. The van der Waals surface area contributed by atoms with E-state index >= 15 is 0 Å². The minimum absolute atomic E-state index is 0. The number of anilines is 1. The molecule has 152 valence electrons. The summed E-state index contributed by atoms with van der Waals surface area (Å²) >= 11 is 7.74. The molecule has 0 aliphatic rings. The van der Waals surface area contributed by atoms with Gasteiger partial charge in [-0.05, 0) is 58.6 Å². The van der Waals surface area contributed by atoms with Gasteiger partial charge in [0, 0.05) is 30.4 Å². The van der Waals surface area contributed by atoms with Gasteiger partial charge in [-0.25, -0.2) is 4.98 Å². The summed E-state index contributed by atoms with van der Waals surface area (Å²) in [5.41, 5.74) is 3.20. The second kappa shape index (κ2) is 9.22. The van der Waals surface area contributed by atoms with E-state index in [0.717, 1.165) is 34.6 Å². The molecule has 0 aliphatic carbocycles. The SMILES string of the molecule is CCn1nc(C(=O)N(CCN(C)C)c2nc3c(C)c(Cl)ccc3s2)cc1C.Cl. The van der Waals surface area contributed by atoms with Crippen LogP contribution in [0, 0.1) is 13.8 Å². The Hall–Kier alpha value is -1.67. The summed E-state index contributed by atoms with van der Waals surface area (Å²) in [6.07, 6.45) is 0. The third-order valence-electron chi connectivity index (χ3n) is 4.48. The monoisotopic (exact) mass is 441 g/mol. The molecule has 0 unspecified atom stereocenters. The van der Waals surface area contributed by atoms with Gasteiger partial charge in [-0.15, -0.1) is 12.4 Å². The fourth-order valence-electron chi connectivity index (χ4n) is 2.86. The van der Waals surface area contributed by atoms with Crippen molar-refractivity contribution < 1.29 is 4.79 Å². The Labute approximate surface area is 180 Å². The van der Waals surface area contributed by atoms with Gasteiger partial charge in [0.1, 0.15) is 0 Å². The van der Waals surface area contributed by atoms with Crippen molar-refractivity contribution in [3.05, 3.63) is 40.2 Å². The number of halogens is 2. The van der Waals surface area contributed by atoms with Gasteiger partial charge in [0.05, 0.1) is 10.2 Å². The van der Waals surface area contributed by atoms with Crippen molar-refractivity contribution in [1.82, 2.24) is 19.7 Å². The Kier molecular flexibility index (Phi) is 7.45. The van der Waals surface area contributed by atoms with E-state index in [1.165, 1.54) is 11.3 Å². The number of benzene rings is 1. The van der Waals surface area contributed by atoms with Crippen LogP contribution in [-0.4, -0.2) is 52.8 Å². The Morgan fingerprint density at radius 1 is 1.25 bits per heavy atom. The second-order valence-electron chi connectivity index (χ2n) is 6.76. The number of nitrogens with zero attached hydrogens (tertiary/aromatic N) is 5. The molecule has 0 aliphatic heterocycles. The van der Waals surface area contributed by atoms with Gasteiger partial charge in [-0.2, -0.15) is 5.10 Å². The highest BCUT2D eigenvalue weighted by Gasteiger charge is 2.24. The maximum absolute atomic E-state index is 13.2. The van der Waals surface area contributed by atoms with E-state index in [0.29, 0.717) is 22.4 Å². The number of fused-ring (bicyclic) bond motifs is 1. The van der Waals surface area contributed by atoms with Gasteiger partial charge >= 0.3 is 0 Å². The van der Waals surface area contributed by atoms with Crippen molar-refractivity contribution in [3.63, 3.8) is 0 Å². The quantitative estimate of drug-likeness (QED) is 0.568. The topological polar surface area (TPSA) is 54.3 Å². The van der Waals surface area contributed by atoms with Crippen molar-refractivity contribution in [2.75, 3.05) is 32.1 Å².